The summed E-state index contributed by atoms with van der Waals surface area (Å²) in [6.07, 6.45) is 0.195. The summed E-state index contributed by atoms with van der Waals surface area (Å²) in [7, 11) is -3.89. The van der Waals surface area contributed by atoms with E-state index < -0.39 is 15.9 Å². The van der Waals surface area contributed by atoms with Crippen LogP contribution in [0.4, 0.5) is 5.69 Å². The first-order valence-corrected chi connectivity index (χ1v) is 12.9. The number of nitrogens with zero attached hydrogens (tertiary/aromatic N) is 1. The lowest BCUT2D eigenvalue weighted by Gasteiger charge is -2.34. The van der Waals surface area contributed by atoms with Gasteiger partial charge in [-0.25, -0.2) is 8.42 Å². The SMILES string of the molecule is C[C@H]1CN(S(=O)(=O)c2cc(C(=O)Nc3ccccc3Cc3ccccc3)ccc2Cl)C[C@H](C)O1. The second-order valence-corrected chi connectivity index (χ2v) is 10.8. The van der Waals surface area contributed by atoms with Crippen LogP contribution in [-0.4, -0.2) is 43.9 Å². The molecule has 2 atom stereocenters. The highest BCUT2D eigenvalue weighted by atomic mass is 35.5. The monoisotopic (exact) mass is 498 g/mol. The van der Waals surface area contributed by atoms with Gasteiger partial charge in [0.15, 0.2) is 0 Å². The summed E-state index contributed by atoms with van der Waals surface area (Å²) >= 11 is 6.28. The highest BCUT2D eigenvalue weighted by Gasteiger charge is 2.34. The molecule has 1 heterocycles. The van der Waals surface area contributed by atoms with Crippen LogP contribution in [0, 0.1) is 0 Å². The zero-order chi connectivity index (χ0) is 24.3. The van der Waals surface area contributed by atoms with Crippen molar-refractivity contribution in [3.05, 3.63) is 94.5 Å². The number of rotatable bonds is 6. The highest BCUT2D eigenvalue weighted by Crippen LogP contribution is 2.29. The van der Waals surface area contributed by atoms with Crippen LogP contribution in [0.1, 0.15) is 35.3 Å². The van der Waals surface area contributed by atoms with Gasteiger partial charge in [0.1, 0.15) is 4.90 Å². The van der Waals surface area contributed by atoms with Crippen molar-refractivity contribution in [2.24, 2.45) is 0 Å². The number of nitrogens with one attached hydrogen (secondary N) is 1. The summed E-state index contributed by atoms with van der Waals surface area (Å²) in [5.74, 6) is -0.405. The Morgan fingerprint density at radius 3 is 2.35 bits per heavy atom. The third-order valence-corrected chi connectivity index (χ3v) is 8.01. The second kappa shape index (κ2) is 10.3. The van der Waals surface area contributed by atoms with Gasteiger partial charge in [0.2, 0.25) is 10.0 Å². The minimum atomic E-state index is -3.89. The van der Waals surface area contributed by atoms with Gasteiger partial charge in [-0.1, -0.05) is 60.1 Å². The summed E-state index contributed by atoms with van der Waals surface area (Å²) in [5.41, 5.74) is 2.97. The molecule has 0 saturated carbocycles. The molecule has 0 aromatic heterocycles. The quantitative estimate of drug-likeness (QED) is 0.520. The second-order valence-electron chi connectivity index (χ2n) is 8.50. The molecule has 1 aliphatic heterocycles. The van der Waals surface area contributed by atoms with E-state index in [1.54, 1.807) is 0 Å². The van der Waals surface area contributed by atoms with Crippen LogP contribution < -0.4 is 5.32 Å². The third-order valence-electron chi connectivity index (χ3n) is 5.70. The molecule has 178 valence electrons. The van der Waals surface area contributed by atoms with Gasteiger partial charge < -0.3 is 10.1 Å². The summed E-state index contributed by atoms with van der Waals surface area (Å²) < 4.78 is 33.7. The molecule has 34 heavy (non-hydrogen) atoms. The molecule has 1 aliphatic rings. The van der Waals surface area contributed by atoms with Crippen LogP contribution in [0.2, 0.25) is 5.02 Å². The Hall–Kier alpha value is -2.71. The van der Waals surface area contributed by atoms with Crippen LogP contribution >= 0.6 is 11.6 Å². The van der Waals surface area contributed by atoms with E-state index in [0.717, 1.165) is 11.1 Å². The fraction of sp³-hybridized carbons (Fsp3) is 0.269. The molecule has 0 radical (unpaired) electrons. The number of amides is 1. The smallest absolute Gasteiger partial charge is 0.255 e. The van der Waals surface area contributed by atoms with Gasteiger partial charge in [0.05, 0.1) is 17.2 Å². The number of hydrogen-bond donors (Lipinski definition) is 1. The molecule has 1 fully saturated rings. The van der Waals surface area contributed by atoms with Gasteiger partial charge in [-0.2, -0.15) is 4.31 Å². The number of carbonyl (C=O) groups excluding carboxylic acids is 1. The number of hydrogen-bond acceptors (Lipinski definition) is 4. The van der Waals surface area contributed by atoms with E-state index in [9.17, 15) is 13.2 Å². The first-order chi connectivity index (χ1) is 16.2. The Kier molecular flexibility index (Phi) is 7.38. The molecule has 3 aromatic rings. The summed E-state index contributed by atoms with van der Waals surface area (Å²) in [6.45, 7) is 4.12. The first-order valence-electron chi connectivity index (χ1n) is 11.1. The Morgan fingerprint density at radius 2 is 1.65 bits per heavy atom. The molecule has 1 N–H and O–H groups in total. The number of ether oxygens (including phenoxy) is 1. The van der Waals surface area contributed by atoms with Crippen LogP contribution in [0.15, 0.2) is 77.7 Å². The Labute approximate surface area is 205 Å². The fourth-order valence-electron chi connectivity index (χ4n) is 4.11. The van der Waals surface area contributed by atoms with Gasteiger partial charge in [0, 0.05) is 24.3 Å². The lowest BCUT2D eigenvalue weighted by molar-refractivity contribution is -0.0440. The zero-order valence-corrected chi connectivity index (χ0v) is 20.6. The molecule has 3 aromatic carbocycles. The molecule has 0 aliphatic carbocycles. The number of para-hydroxylation sites is 1. The molecule has 1 amide bonds. The summed E-state index contributed by atoms with van der Waals surface area (Å²) in [5, 5.41) is 3.01. The molecule has 8 heteroatoms. The standard InChI is InChI=1S/C26H27ClN2O4S/c1-18-16-29(17-19(2)33-18)34(31,32)25-15-22(12-13-23(25)27)26(30)28-24-11-7-6-10-21(24)14-20-8-4-3-5-9-20/h3-13,15,18-19H,14,16-17H2,1-2H3,(H,28,30)/t18-,19-/m0/s1. The van der Waals surface area contributed by atoms with Crippen molar-refractivity contribution in [1.29, 1.82) is 0 Å². The minimum absolute atomic E-state index is 0.0767. The molecular formula is C26H27ClN2O4S. The van der Waals surface area contributed by atoms with E-state index in [1.807, 2.05) is 68.4 Å². The molecule has 4 rings (SSSR count). The number of morpholine rings is 1. The maximum Gasteiger partial charge on any atom is 0.255 e. The van der Waals surface area contributed by atoms with Gasteiger partial charge in [-0.15, -0.1) is 0 Å². The van der Waals surface area contributed by atoms with Crippen molar-refractivity contribution in [3.63, 3.8) is 0 Å². The third kappa shape index (κ3) is 5.50. The van der Waals surface area contributed by atoms with E-state index >= 15 is 0 Å². The van der Waals surface area contributed by atoms with Crippen molar-refractivity contribution in [2.45, 2.75) is 37.4 Å². The van der Waals surface area contributed by atoms with Crippen molar-refractivity contribution >= 4 is 33.2 Å². The van der Waals surface area contributed by atoms with Gasteiger partial charge in [-0.05, 0) is 55.7 Å². The number of carbonyl (C=O) groups is 1. The fourth-order valence-corrected chi connectivity index (χ4v) is 6.21. The number of halogens is 1. The van der Waals surface area contributed by atoms with E-state index in [4.69, 9.17) is 16.3 Å². The molecule has 0 spiro atoms. The lowest BCUT2D eigenvalue weighted by atomic mass is 10.0. The van der Waals surface area contributed by atoms with Gasteiger partial charge in [0.25, 0.3) is 5.91 Å². The maximum atomic E-state index is 13.3. The topological polar surface area (TPSA) is 75.7 Å². The van der Waals surface area contributed by atoms with Crippen LogP contribution in [0.5, 0.6) is 0 Å². The molecule has 1 saturated heterocycles. The van der Waals surface area contributed by atoms with Gasteiger partial charge in [-0.3, -0.25) is 4.79 Å². The molecule has 0 bridgehead atoms. The van der Waals surface area contributed by atoms with Crippen molar-refractivity contribution in [3.8, 4) is 0 Å². The summed E-state index contributed by atoms with van der Waals surface area (Å²) in [6, 6.07) is 21.9. The van der Waals surface area contributed by atoms with Crippen molar-refractivity contribution < 1.29 is 17.9 Å². The maximum absolute atomic E-state index is 13.3. The first kappa shape index (κ1) is 24.4. The average Bonchev–Trinajstić information content (AvgIpc) is 2.80. The average molecular weight is 499 g/mol. The van der Waals surface area contributed by atoms with Crippen LogP contribution in [0.3, 0.4) is 0 Å². The Bertz CT molecular complexity index is 1270. The number of sulfonamides is 1. The van der Waals surface area contributed by atoms with E-state index in [0.29, 0.717) is 12.1 Å². The van der Waals surface area contributed by atoms with Crippen LogP contribution in [0.25, 0.3) is 0 Å². The van der Waals surface area contributed by atoms with Crippen molar-refractivity contribution in [2.75, 3.05) is 18.4 Å². The van der Waals surface area contributed by atoms with E-state index in [-0.39, 0.29) is 40.8 Å². The molecule has 6 nitrogen and oxygen atoms in total. The largest absolute Gasteiger partial charge is 0.373 e. The lowest BCUT2D eigenvalue weighted by Crippen LogP contribution is -2.48. The van der Waals surface area contributed by atoms with E-state index in [1.165, 1.54) is 22.5 Å². The molecule has 0 unspecified atom stereocenters. The van der Waals surface area contributed by atoms with E-state index in [2.05, 4.69) is 5.32 Å². The number of anilines is 1. The Morgan fingerprint density at radius 1 is 1.00 bits per heavy atom. The number of benzene rings is 3. The molecular weight excluding hydrogens is 472 g/mol. The predicted molar refractivity (Wildman–Crippen MR) is 134 cm³/mol. The summed E-state index contributed by atoms with van der Waals surface area (Å²) in [4.78, 5) is 13.0. The van der Waals surface area contributed by atoms with Gasteiger partial charge >= 0.3 is 0 Å². The normalized spacial score (nSPS) is 19.0. The highest BCUT2D eigenvalue weighted by molar-refractivity contribution is 7.89. The van der Waals surface area contributed by atoms with Crippen molar-refractivity contribution in [1.82, 2.24) is 4.31 Å². The zero-order valence-electron chi connectivity index (χ0n) is 19.1. The Balaban J connectivity index is 1.59. The van der Waals surface area contributed by atoms with Crippen LogP contribution in [-0.2, 0) is 21.2 Å². The predicted octanol–water partition coefficient (Wildman–Crippen LogP) is 4.98. The minimum Gasteiger partial charge on any atom is -0.373 e.